The lowest BCUT2D eigenvalue weighted by Crippen LogP contribution is -2.55. The Morgan fingerprint density at radius 2 is 1.41 bits per heavy atom. The van der Waals surface area contributed by atoms with Crippen LogP contribution < -0.4 is 4.74 Å². The standard InChI is InChI=1S/C26H28ClNO/c1-26(2,3)23-16-21(27)14-15-24(23)29-22-17-28(18-22)25(19-10-6-4-7-11-19)20-12-8-5-9-13-20/h4-16,22,25H,17-18H2,1-3H3. The molecule has 1 heterocycles. The predicted octanol–water partition coefficient (Wildman–Crippen LogP) is 6.49. The Balaban J connectivity index is 1.51. The van der Waals surface area contributed by atoms with Crippen LogP contribution in [0.3, 0.4) is 0 Å². The number of hydrogen-bond donors (Lipinski definition) is 0. The summed E-state index contributed by atoms with van der Waals surface area (Å²) in [7, 11) is 0. The first-order chi connectivity index (χ1) is 13.9. The zero-order valence-electron chi connectivity index (χ0n) is 17.3. The molecule has 2 nitrogen and oxygen atoms in total. The molecule has 0 aromatic heterocycles. The Kier molecular flexibility index (Phi) is 5.67. The van der Waals surface area contributed by atoms with E-state index < -0.39 is 0 Å². The third-order valence-corrected chi connectivity index (χ3v) is 5.75. The third kappa shape index (κ3) is 4.49. The van der Waals surface area contributed by atoms with Crippen molar-refractivity contribution in [1.82, 2.24) is 4.90 Å². The molecule has 0 aliphatic carbocycles. The molecular formula is C26H28ClNO. The lowest BCUT2D eigenvalue weighted by atomic mass is 9.86. The van der Waals surface area contributed by atoms with Gasteiger partial charge in [-0.3, -0.25) is 4.90 Å². The van der Waals surface area contributed by atoms with Gasteiger partial charge in [-0.15, -0.1) is 0 Å². The SMILES string of the molecule is CC(C)(C)c1cc(Cl)ccc1OC1CN(C(c2ccccc2)c2ccccc2)C1. The number of ether oxygens (including phenoxy) is 1. The average Bonchev–Trinajstić information content (AvgIpc) is 2.68. The van der Waals surface area contributed by atoms with Gasteiger partial charge in [-0.1, -0.05) is 93.0 Å². The number of hydrogen-bond acceptors (Lipinski definition) is 2. The highest BCUT2D eigenvalue weighted by Gasteiger charge is 2.36. The van der Waals surface area contributed by atoms with E-state index in [-0.39, 0.29) is 17.6 Å². The lowest BCUT2D eigenvalue weighted by Gasteiger charge is -2.44. The summed E-state index contributed by atoms with van der Waals surface area (Å²) in [5, 5.41) is 0.755. The molecule has 0 bridgehead atoms. The molecule has 1 saturated heterocycles. The maximum atomic E-state index is 6.41. The molecular weight excluding hydrogens is 378 g/mol. The fraction of sp³-hybridized carbons (Fsp3) is 0.308. The van der Waals surface area contributed by atoms with Gasteiger partial charge in [-0.2, -0.15) is 0 Å². The summed E-state index contributed by atoms with van der Waals surface area (Å²) >= 11 is 6.24. The van der Waals surface area contributed by atoms with Crippen molar-refractivity contribution in [2.45, 2.75) is 38.3 Å². The van der Waals surface area contributed by atoms with Crippen LogP contribution in [0.1, 0.15) is 43.5 Å². The number of benzene rings is 3. The highest BCUT2D eigenvalue weighted by atomic mass is 35.5. The van der Waals surface area contributed by atoms with Gasteiger partial charge in [0.2, 0.25) is 0 Å². The summed E-state index contributed by atoms with van der Waals surface area (Å²) in [6, 6.07) is 27.7. The zero-order chi connectivity index (χ0) is 20.4. The molecule has 0 unspecified atom stereocenters. The fourth-order valence-electron chi connectivity index (χ4n) is 4.01. The fourth-order valence-corrected chi connectivity index (χ4v) is 4.18. The van der Waals surface area contributed by atoms with Crippen molar-refractivity contribution >= 4 is 11.6 Å². The minimum absolute atomic E-state index is 0.0136. The van der Waals surface area contributed by atoms with Crippen LogP contribution in [-0.2, 0) is 5.41 Å². The van der Waals surface area contributed by atoms with Crippen molar-refractivity contribution in [2.75, 3.05) is 13.1 Å². The molecule has 3 heteroatoms. The summed E-state index contributed by atoms with van der Waals surface area (Å²) in [4.78, 5) is 2.49. The smallest absolute Gasteiger partial charge is 0.124 e. The van der Waals surface area contributed by atoms with E-state index in [1.807, 2.05) is 18.2 Å². The highest BCUT2D eigenvalue weighted by Crippen LogP contribution is 2.37. The summed E-state index contributed by atoms with van der Waals surface area (Å²) in [5.74, 6) is 0.947. The van der Waals surface area contributed by atoms with Gasteiger partial charge in [0.1, 0.15) is 11.9 Å². The van der Waals surface area contributed by atoms with E-state index in [0.717, 1.165) is 29.4 Å². The third-order valence-electron chi connectivity index (χ3n) is 5.52. The second-order valence-corrected chi connectivity index (χ2v) is 9.24. The molecule has 0 saturated carbocycles. The van der Waals surface area contributed by atoms with Gasteiger partial charge in [0.05, 0.1) is 6.04 Å². The van der Waals surface area contributed by atoms with Crippen molar-refractivity contribution in [3.05, 3.63) is 101 Å². The van der Waals surface area contributed by atoms with Crippen LogP contribution >= 0.6 is 11.6 Å². The molecule has 0 N–H and O–H groups in total. The molecule has 0 amide bonds. The van der Waals surface area contributed by atoms with E-state index in [9.17, 15) is 0 Å². The van der Waals surface area contributed by atoms with Crippen molar-refractivity contribution in [3.8, 4) is 5.75 Å². The number of halogens is 1. The van der Waals surface area contributed by atoms with Crippen LogP contribution in [0.2, 0.25) is 5.02 Å². The Hall–Kier alpha value is -2.29. The molecule has 0 atom stereocenters. The van der Waals surface area contributed by atoms with Gasteiger partial charge < -0.3 is 4.74 Å². The maximum absolute atomic E-state index is 6.41. The summed E-state index contributed by atoms with van der Waals surface area (Å²) in [6.07, 6.45) is 0.187. The highest BCUT2D eigenvalue weighted by molar-refractivity contribution is 6.30. The Bertz CT molecular complexity index is 904. The molecule has 1 aliphatic heterocycles. The van der Waals surface area contributed by atoms with Crippen LogP contribution in [0.4, 0.5) is 0 Å². The normalized spacial score (nSPS) is 15.3. The second kappa shape index (κ2) is 8.22. The van der Waals surface area contributed by atoms with Crippen molar-refractivity contribution in [2.24, 2.45) is 0 Å². The monoisotopic (exact) mass is 405 g/mol. The van der Waals surface area contributed by atoms with Crippen molar-refractivity contribution < 1.29 is 4.74 Å². The molecule has 150 valence electrons. The number of rotatable bonds is 5. The van der Waals surface area contributed by atoms with Crippen molar-refractivity contribution in [3.63, 3.8) is 0 Å². The summed E-state index contributed by atoms with van der Waals surface area (Å²) < 4.78 is 6.41. The van der Waals surface area contributed by atoms with E-state index in [1.165, 1.54) is 11.1 Å². The first kappa shape index (κ1) is 20.0. The minimum Gasteiger partial charge on any atom is -0.487 e. The van der Waals surface area contributed by atoms with Gasteiger partial charge in [0.15, 0.2) is 0 Å². The first-order valence-corrected chi connectivity index (χ1v) is 10.6. The van der Waals surface area contributed by atoms with Crippen LogP contribution in [-0.4, -0.2) is 24.1 Å². The molecule has 0 spiro atoms. The number of nitrogens with zero attached hydrogens (tertiary/aromatic N) is 1. The van der Waals surface area contributed by atoms with Crippen LogP contribution in [0, 0.1) is 0 Å². The predicted molar refractivity (Wildman–Crippen MR) is 121 cm³/mol. The quantitative estimate of drug-likeness (QED) is 0.481. The van der Waals surface area contributed by atoms with E-state index in [4.69, 9.17) is 16.3 Å². The van der Waals surface area contributed by atoms with E-state index in [2.05, 4.69) is 86.3 Å². The average molecular weight is 406 g/mol. The summed E-state index contributed by atoms with van der Waals surface area (Å²) in [5.41, 5.74) is 3.78. The Morgan fingerprint density at radius 1 is 0.862 bits per heavy atom. The van der Waals surface area contributed by atoms with Gasteiger partial charge in [-0.05, 0) is 34.7 Å². The molecule has 0 radical (unpaired) electrons. The Morgan fingerprint density at radius 3 is 1.93 bits per heavy atom. The van der Waals surface area contributed by atoms with E-state index >= 15 is 0 Å². The molecule has 29 heavy (non-hydrogen) atoms. The van der Waals surface area contributed by atoms with Gasteiger partial charge >= 0.3 is 0 Å². The van der Waals surface area contributed by atoms with E-state index in [0.29, 0.717) is 0 Å². The van der Waals surface area contributed by atoms with Gasteiger partial charge in [-0.25, -0.2) is 0 Å². The topological polar surface area (TPSA) is 12.5 Å². The van der Waals surface area contributed by atoms with Crippen LogP contribution in [0.5, 0.6) is 5.75 Å². The van der Waals surface area contributed by atoms with Crippen LogP contribution in [0.15, 0.2) is 78.9 Å². The maximum Gasteiger partial charge on any atom is 0.124 e. The zero-order valence-corrected chi connectivity index (χ0v) is 18.1. The second-order valence-electron chi connectivity index (χ2n) is 8.81. The van der Waals surface area contributed by atoms with Gasteiger partial charge in [0.25, 0.3) is 0 Å². The molecule has 3 aromatic carbocycles. The lowest BCUT2D eigenvalue weighted by molar-refractivity contribution is -0.000606. The van der Waals surface area contributed by atoms with Gasteiger partial charge in [0, 0.05) is 23.7 Å². The molecule has 4 rings (SSSR count). The van der Waals surface area contributed by atoms with E-state index in [1.54, 1.807) is 0 Å². The molecule has 3 aromatic rings. The molecule has 1 fully saturated rings. The summed E-state index contributed by atoms with van der Waals surface area (Å²) in [6.45, 7) is 8.39. The number of likely N-dealkylation sites (tertiary alicyclic amines) is 1. The van der Waals surface area contributed by atoms with Crippen LogP contribution in [0.25, 0.3) is 0 Å². The Labute approximate surface area is 179 Å². The first-order valence-electron chi connectivity index (χ1n) is 10.2. The largest absolute Gasteiger partial charge is 0.487 e. The minimum atomic E-state index is -0.0136. The molecule has 1 aliphatic rings. The van der Waals surface area contributed by atoms with Crippen molar-refractivity contribution in [1.29, 1.82) is 0 Å².